The third-order valence-corrected chi connectivity index (χ3v) is 5.45. The predicted molar refractivity (Wildman–Crippen MR) is 97.9 cm³/mol. The summed E-state index contributed by atoms with van der Waals surface area (Å²) in [7, 11) is -0.360. The number of aryl methyl sites for hydroxylation is 1. The molecule has 23 heavy (non-hydrogen) atoms. The molecule has 0 aromatic carbocycles. The van der Waals surface area contributed by atoms with Gasteiger partial charge in [0.15, 0.2) is 0 Å². The Labute approximate surface area is 142 Å². The van der Waals surface area contributed by atoms with E-state index in [2.05, 4.69) is 69.3 Å². The molecule has 0 radical (unpaired) electrons. The summed E-state index contributed by atoms with van der Waals surface area (Å²) >= 11 is 1.72. The maximum atomic E-state index is 6.09. The molecular weight excluding hydrogens is 305 g/mol. The van der Waals surface area contributed by atoms with Gasteiger partial charge in [0.25, 0.3) is 0 Å². The van der Waals surface area contributed by atoms with Crippen molar-refractivity contribution in [3.63, 3.8) is 0 Å². The van der Waals surface area contributed by atoms with Crippen LogP contribution in [0.5, 0.6) is 0 Å². The highest BCUT2D eigenvalue weighted by molar-refractivity contribution is 7.10. The fraction of sp³-hybridized carbons (Fsp3) is 0.389. The zero-order chi connectivity index (χ0) is 16.7. The molecule has 1 fully saturated rings. The third kappa shape index (κ3) is 3.27. The Hall–Kier alpha value is -1.43. The molecule has 0 N–H and O–H groups in total. The summed E-state index contributed by atoms with van der Waals surface area (Å²) in [5.74, 6) is 0. The summed E-state index contributed by atoms with van der Waals surface area (Å²) in [4.78, 5) is 5.80. The fourth-order valence-corrected chi connectivity index (χ4v) is 3.05. The maximum absolute atomic E-state index is 6.09. The van der Waals surface area contributed by atoms with Gasteiger partial charge in [-0.3, -0.25) is 4.98 Å². The molecule has 2 aromatic heterocycles. The molecule has 3 rings (SSSR count). The summed E-state index contributed by atoms with van der Waals surface area (Å²) in [5, 5.41) is 2.07. The monoisotopic (exact) mass is 327 g/mol. The van der Waals surface area contributed by atoms with Crippen molar-refractivity contribution in [2.45, 2.75) is 45.8 Å². The van der Waals surface area contributed by atoms with E-state index in [0.717, 1.165) is 16.7 Å². The topological polar surface area (TPSA) is 31.4 Å². The van der Waals surface area contributed by atoms with E-state index in [1.54, 1.807) is 11.3 Å². The zero-order valence-corrected chi connectivity index (χ0v) is 15.1. The minimum atomic E-state index is -0.360. The van der Waals surface area contributed by atoms with Crippen LogP contribution < -0.4 is 5.46 Å². The van der Waals surface area contributed by atoms with Crippen molar-refractivity contribution >= 4 is 36.1 Å². The quantitative estimate of drug-likeness (QED) is 0.801. The molecule has 3 nitrogen and oxygen atoms in total. The largest absolute Gasteiger partial charge is 0.496 e. The number of nitrogens with zero attached hydrogens (tertiary/aromatic N) is 1. The smallest absolute Gasteiger partial charge is 0.399 e. The molecule has 2 aromatic rings. The van der Waals surface area contributed by atoms with Gasteiger partial charge in [0.2, 0.25) is 0 Å². The van der Waals surface area contributed by atoms with Crippen LogP contribution in [-0.4, -0.2) is 23.3 Å². The molecule has 0 unspecified atom stereocenters. The first-order valence-corrected chi connectivity index (χ1v) is 8.70. The average Bonchev–Trinajstić information content (AvgIpc) is 3.04. The van der Waals surface area contributed by atoms with Crippen molar-refractivity contribution in [3.05, 3.63) is 45.9 Å². The number of aromatic nitrogens is 1. The number of pyridine rings is 1. The zero-order valence-electron chi connectivity index (χ0n) is 14.3. The highest BCUT2D eigenvalue weighted by Crippen LogP contribution is 2.36. The van der Waals surface area contributed by atoms with Crippen LogP contribution in [0.3, 0.4) is 0 Å². The van der Waals surface area contributed by atoms with Gasteiger partial charge >= 0.3 is 7.12 Å². The minimum absolute atomic E-state index is 0.330. The Kier molecular flexibility index (Phi) is 4.21. The fourth-order valence-electron chi connectivity index (χ4n) is 2.44. The van der Waals surface area contributed by atoms with Gasteiger partial charge in [-0.2, -0.15) is 0 Å². The van der Waals surface area contributed by atoms with Crippen LogP contribution in [0.2, 0.25) is 0 Å². The van der Waals surface area contributed by atoms with E-state index in [0.29, 0.717) is 0 Å². The van der Waals surface area contributed by atoms with E-state index in [1.165, 1.54) is 4.88 Å². The third-order valence-electron chi connectivity index (χ3n) is 4.61. The van der Waals surface area contributed by atoms with Gasteiger partial charge in [0, 0.05) is 16.5 Å². The summed E-state index contributed by atoms with van der Waals surface area (Å²) in [6.07, 6.45) is 5.99. The van der Waals surface area contributed by atoms with Crippen molar-refractivity contribution in [1.82, 2.24) is 4.98 Å². The Morgan fingerprint density at radius 2 is 1.83 bits per heavy atom. The number of hydrogen-bond acceptors (Lipinski definition) is 4. The number of rotatable bonds is 3. The molecule has 0 atom stereocenters. The Morgan fingerprint density at radius 1 is 1.13 bits per heavy atom. The molecular formula is C18H22BNO2S. The Bertz CT molecular complexity index is 707. The summed E-state index contributed by atoms with van der Waals surface area (Å²) in [6.45, 7) is 10.3. The van der Waals surface area contributed by atoms with E-state index >= 15 is 0 Å². The Morgan fingerprint density at radius 3 is 2.39 bits per heavy atom. The molecule has 5 heteroatoms. The molecule has 0 aliphatic carbocycles. The minimum Gasteiger partial charge on any atom is -0.399 e. The van der Waals surface area contributed by atoms with Gasteiger partial charge < -0.3 is 9.31 Å². The normalized spacial score (nSPS) is 19.6. The van der Waals surface area contributed by atoms with Crippen molar-refractivity contribution < 1.29 is 9.31 Å². The molecule has 0 bridgehead atoms. The maximum Gasteiger partial charge on any atom is 0.496 e. The molecule has 0 saturated carbocycles. The van der Waals surface area contributed by atoms with Crippen molar-refractivity contribution in [3.8, 4) is 0 Å². The van der Waals surface area contributed by atoms with Crippen molar-refractivity contribution in [2.75, 3.05) is 0 Å². The molecule has 1 saturated heterocycles. The first-order chi connectivity index (χ1) is 10.8. The molecule has 0 spiro atoms. The molecule has 3 heterocycles. The predicted octanol–water partition coefficient (Wildman–Crippen LogP) is 3.92. The lowest BCUT2D eigenvalue weighted by Gasteiger charge is -2.32. The molecule has 1 aliphatic rings. The van der Waals surface area contributed by atoms with E-state index in [4.69, 9.17) is 9.31 Å². The van der Waals surface area contributed by atoms with E-state index in [1.807, 2.05) is 12.3 Å². The van der Waals surface area contributed by atoms with E-state index < -0.39 is 0 Å². The van der Waals surface area contributed by atoms with Gasteiger partial charge in [-0.05, 0) is 63.8 Å². The SMILES string of the molecule is Cc1cc(B2OC(C)(C)C(C)(C)O2)cnc1/C=C/c1cccs1. The van der Waals surface area contributed by atoms with Crippen molar-refractivity contribution in [1.29, 1.82) is 0 Å². The Balaban J connectivity index is 1.80. The molecule has 120 valence electrons. The molecule has 1 aliphatic heterocycles. The number of hydrogen-bond donors (Lipinski definition) is 0. The summed E-state index contributed by atoms with van der Waals surface area (Å²) in [5.41, 5.74) is 2.39. The second kappa shape index (κ2) is 5.89. The van der Waals surface area contributed by atoms with Gasteiger partial charge in [-0.1, -0.05) is 12.1 Å². The van der Waals surface area contributed by atoms with Gasteiger partial charge in [-0.25, -0.2) is 0 Å². The lowest BCUT2D eigenvalue weighted by Crippen LogP contribution is -2.41. The number of thiophene rings is 1. The van der Waals surface area contributed by atoms with Crippen LogP contribution in [0.4, 0.5) is 0 Å². The highest BCUT2D eigenvalue weighted by atomic mass is 32.1. The van der Waals surface area contributed by atoms with Crippen LogP contribution in [0.15, 0.2) is 29.8 Å². The van der Waals surface area contributed by atoms with E-state index in [9.17, 15) is 0 Å². The average molecular weight is 327 g/mol. The van der Waals surface area contributed by atoms with Crippen LogP contribution in [-0.2, 0) is 9.31 Å². The summed E-state index contributed by atoms with van der Waals surface area (Å²) < 4.78 is 12.2. The lowest BCUT2D eigenvalue weighted by atomic mass is 9.79. The van der Waals surface area contributed by atoms with E-state index in [-0.39, 0.29) is 18.3 Å². The van der Waals surface area contributed by atoms with Crippen LogP contribution in [0.25, 0.3) is 12.2 Å². The second-order valence-electron chi connectivity index (χ2n) is 6.91. The first kappa shape index (κ1) is 16.4. The van der Waals surface area contributed by atoms with Crippen LogP contribution in [0.1, 0.15) is 43.8 Å². The summed E-state index contributed by atoms with van der Waals surface area (Å²) in [6, 6.07) is 6.24. The van der Waals surface area contributed by atoms with Crippen molar-refractivity contribution in [2.24, 2.45) is 0 Å². The van der Waals surface area contributed by atoms with Crippen LogP contribution >= 0.6 is 11.3 Å². The standard InChI is InChI=1S/C18H22BNO2S/c1-13-11-14(19-21-17(2,3)18(4,5)22-19)12-20-16(13)9-8-15-7-6-10-23-15/h6-12H,1-5H3/b9-8+. The second-order valence-corrected chi connectivity index (χ2v) is 7.89. The van der Waals surface area contributed by atoms with Gasteiger partial charge in [0.05, 0.1) is 16.9 Å². The van der Waals surface area contributed by atoms with Crippen LogP contribution in [0, 0.1) is 6.92 Å². The van der Waals surface area contributed by atoms with Gasteiger partial charge in [-0.15, -0.1) is 11.3 Å². The first-order valence-electron chi connectivity index (χ1n) is 7.82. The highest BCUT2D eigenvalue weighted by Gasteiger charge is 2.51. The molecule has 0 amide bonds. The lowest BCUT2D eigenvalue weighted by molar-refractivity contribution is 0.00578. The van der Waals surface area contributed by atoms with Gasteiger partial charge in [0.1, 0.15) is 0 Å².